The van der Waals surface area contributed by atoms with Gasteiger partial charge >= 0.3 is 12.0 Å². The molecule has 21 heavy (non-hydrogen) atoms. The summed E-state index contributed by atoms with van der Waals surface area (Å²) in [7, 11) is 0. The molecule has 1 aromatic carbocycles. The van der Waals surface area contributed by atoms with Crippen LogP contribution in [0.25, 0.3) is 0 Å². The molecule has 0 spiro atoms. The van der Waals surface area contributed by atoms with Crippen LogP contribution in [0.15, 0.2) is 18.2 Å². The van der Waals surface area contributed by atoms with Crippen LogP contribution in [-0.2, 0) is 11.2 Å². The summed E-state index contributed by atoms with van der Waals surface area (Å²) in [6.45, 7) is 3.07. The molecule has 2 aliphatic heterocycles. The van der Waals surface area contributed by atoms with Gasteiger partial charge in [0.15, 0.2) is 0 Å². The molecule has 1 aromatic rings. The number of amides is 2. The van der Waals surface area contributed by atoms with Gasteiger partial charge < -0.3 is 9.84 Å². The van der Waals surface area contributed by atoms with Crippen molar-refractivity contribution < 1.29 is 19.4 Å². The van der Waals surface area contributed by atoms with E-state index in [9.17, 15) is 9.59 Å². The number of fused-ring (bicyclic) bond motifs is 1. The van der Waals surface area contributed by atoms with Crippen LogP contribution in [0.3, 0.4) is 0 Å². The fourth-order valence-corrected chi connectivity index (χ4v) is 2.59. The molecule has 1 saturated heterocycles. The Morgan fingerprint density at radius 3 is 2.67 bits per heavy atom. The molecule has 2 aliphatic rings. The van der Waals surface area contributed by atoms with Gasteiger partial charge in [0.2, 0.25) is 0 Å². The number of carbonyl (C=O) groups excluding carboxylic acids is 1. The van der Waals surface area contributed by atoms with E-state index >= 15 is 0 Å². The molecule has 2 N–H and O–H groups in total. The first-order valence-corrected chi connectivity index (χ1v) is 6.92. The van der Waals surface area contributed by atoms with Crippen LogP contribution in [0.5, 0.6) is 0 Å². The third-order valence-corrected chi connectivity index (χ3v) is 3.74. The van der Waals surface area contributed by atoms with Crippen molar-refractivity contribution >= 4 is 17.7 Å². The Balaban J connectivity index is 1.74. The summed E-state index contributed by atoms with van der Waals surface area (Å²) in [4.78, 5) is 25.0. The van der Waals surface area contributed by atoms with E-state index in [1.807, 2.05) is 5.01 Å². The number of rotatable bonds is 2. The number of aromatic carboxylic acids is 1. The molecular weight excluding hydrogens is 274 g/mol. The molecule has 0 bridgehead atoms. The molecule has 7 nitrogen and oxygen atoms in total. The van der Waals surface area contributed by atoms with Gasteiger partial charge in [-0.2, -0.15) is 0 Å². The minimum atomic E-state index is -0.988. The summed E-state index contributed by atoms with van der Waals surface area (Å²) in [5.74, 6) is -0.988. The second-order valence-corrected chi connectivity index (χ2v) is 5.07. The highest BCUT2D eigenvalue weighted by molar-refractivity contribution is 5.96. The molecule has 0 unspecified atom stereocenters. The third kappa shape index (κ3) is 2.84. The number of anilines is 1. The monoisotopic (exact) mass is 291 g/mol. The average molecular weight is 291 g/mol. The molecule has 1 fully saturated rings. The van der Waals surface area contributed by atoms with E-state index in [1.165, 1.54) is 0 Å². The Morgan fingerprint density at radius 2 is 1.95 bits per heavy atom. The van der Waals surface area contributed by atoms with Crippen molar-refractivity contribution in [3.05, 3.63) is 29.3 Å². The van der Waals surface area contributed by atoms with Crippen molar-refractivity contribution in [2.24, 2.45) is 0 Å². The van der Waals surface area contributed by atoms with E-state index < -0.39 is 5.97 Å². The molecule has 2 amide bonds. The lowest BCUT2D eigenvalue weighted by Gasteiger charge is -2.29. The van der Waals surface area contributed by atoms with Crippen molar-refractivity contribution in [2.45, 2.75) is 6.42 Å². The number of carboxylic acids is 1. The van der Waals surface area contributed by atoms with Crippen LogP contribution in [-0.4, -0.2) is 55.0 Å². The zero-order valence-electron chi connectivity index (χ0n) is 11.5. The van der Waals surface area contributed by atoms with Gasteiger partial charge in [0.25, 0.3) is 0 Å². The Kier molecular flexibility index (Phi) is 3.76. The first-order valence-electron chi connectivity index (χ1n) is 6.92. The maximum Gasteiger partial charge on any atom is 0.336 e. The molecule has 2 heterocycles. The fourth-order valence-electron chi connectivity index (χ4n) is 2.59. The Bertz CT molecular complexity index is 569. The number of hydrogen-bond acceptors (Lipinski definition) is 4. The molecule has 0 radical (unpaired) electrons. The maximum absolute atomic E-state index is 12.3. The SMILES string of the molecule is O=C(O)c1ccc2c(c1)N(C(=O)NN1CCOCC1)CC2. The Morgan fingerprint density at radius 1 is 1.19 bits per heavy atom. The number of benzene rings is 1. The van der Waals surface area contributed by atoms with Crippen LogP contribution in [0.1, 0.15) is 15.9 Å². The molecular formula is C14H17N3O4. The minimum absolute atomic E-state index is 0.194. The van der Waals surface area contributed by atoms with Crippen LogP contribution in [0.4, 0.5) is 10.5 Å². The van der Waals surface area contributed by atoms with Gasteiger partial charge in [-0.25, -0.2) is 14.6 Å². The first-order chi connectivity index (χ1) is 10.1. The van der Waals surface area contributed by atoms with Crippen molar-refractivity contribution in [3.8, 4) is 0 Å². The van der Waals surface area contributed by atoms with E-state index in [0.717, 1.165) is 12.0 Å². The Labute approximate surface area is 122 Å². The van der Waals surface area contributed by atoms with Crippen molar-refractivity contribution in [2.75, 3.05) is 37.7 Å². The molecule has 0 atom stereocenters. The largest absolute Gasteiger partial charge is 0.478 e. The number of ether oxygens (including phenoxy) is 1. The number of urea groups is 1. The predicted octanol–water partition coefficient (Wildman–Crippen LogP) is 0.704. The predicted molar refractivity (Wildman–Crippen MR) is 75.4 cm³/mol. The number of nitrogens with one attached hydrogen (secondary N) is 1. The first kappa shape index (κ1) is 13.8. The molecule has 112 valence electrons. The lowest BCUT2D eigenvalue weighted by molar-refractivity contribution is 0.0202. The van der Waals surface area contributed by atoms with E-state index in [1.54, 1.807) is 23.1 Å². The van der Waals surface area contributed by atoms with Gasteiger partial charge in [0.1, 0.15) is 0 Å². The lowest BCUT2D eigenvalue weighted by Crippen LogP contribution is -2.52. The van der Waals surface area contributed by atoms with Crippen LogP contribution in [0.2, 0.25) is 0 Å². The highest BCUT2D eigenvalue weighted by Crippen LogP contribution is 2.29. The maximum atomic E-state index is 12.3. The molecule has 0 aromatic heterocycles. The number of hydrazine groups is 1. The number of carboxylic acid groups (broad SMARTS) is 1. The normalized spacial score (nSPS) is 18.4. The Hall–Kier alpha value is -2.12. The highest BCUT2D eigenvalue weighted by Gasteiger charge is 2.27. The third-order valence-electron chi connectivity index (χ3n) is 3.74. The zero-order chi connectivity index (χ0) is 14.8. The van der Waals surface area contributed by atoms with E-state index in [2.05, 4.69) is 5.43 Å². The minimum Gasteiger partial charge on any atom is -0.478 e. The molecule has 0 saturated carbocycles. The van der Waals surface area contributed by atoms with Gasteiger partial charge in [-0.3, -0.25) is 10.3 Å². The quantitative estimate of drug-likeness (QED) is 0.838. The second kappa shape index (κ2) is 5.71. The van der Waals surface area contributed by atoms with Crippen molar-refractivity contribution in [3.63, 3.8) is 0 Å². The summed E-state index contributed by atoms with van der Waals surface area (Å²) in [5.41, 5.74) is 4.72. The van der Waals surface area contributed by atoms with E-state index in [-0.39, 0.29) is 11.6 Å². The lowest BCUT2D eigenvalue weighted by atomic mass is 10.1. The van der Waals surface area contributed by atoms with E-state index in [4.69, 9.17) is 9.84 Å². The highest BCUT2D eigenvalue weighted by atomic mass is 16.5. The van der Waals surface area contributed by atoms with E-state index in [0.29, 0.717) is 38.5 Å². The van der Waals surface area contributed by atoms with Crippen molar-refractivity contribution in [1.29, 1.82) is 0 Å². The summed E-state index contributed by atoms with van der Waals surface area (Å²) in [6.07, 6.45) is 0.742. The number of hydrogen-bond donors (Lipinski definition) is 2. The topological polar surface area (TPSA) is 82.1 Å². The molecule has 7 heteroatoms. The van der Waals surface area contributed by atoms with Gasteiger partial charge in [-0.05, 0) is 24.1 Å². The summed E-state index contributed by atoms with van der Waals surface area (Å²) in [5, 5.41) is 10.9. The summed E-state index contributed by atoms with van der Waals surface area (Å²) < 4.78 is 5.23. The summed E-state index contributed by atoms with van der Waals surface area (Å²) >= 11 is 0. The smallest absolute Gasteiger partial charge is 0.336 e. The second-order valence-electron chi connectivity index (χ2n) is 5.07. The van der Waals surface area contributed by atoms with Gasteiger partial charge in [0, 0.05) is 25.3 Å². The zero-order valence-corrected chi connectivity index (χ0v) is 11.5. The number of morpholine rings is 1. The average Bonchev–Trinajstić information content (AvgIpc) is 2.91. The van der Waals surface area contributed by atoms with Gasteiger partial charge in [0.05, 0.1) is 18.8 Å². The number of nitrogens with zero attached hydrogens (tertiary/aromatic N) is 2. The van der Waals surface area contributed by atoms with Crippen molar-refractivity contribution in [1.82, 2.24) is 10.4 Å². The van der Waals surface area contributed by atoms with Crippen LogP contribution in [0, 0.1) is 0 Å². The summed E-state index contributed by atoms with van der Waals surface area (Å²) in [6, 6.07) is 4.69. The molecule has 0 aliphatic carbocycles. The fraction of sp³-hybridized carbons (Fsp3) is 0.429. The van der Waals surface area contributed by atoms with Gasteiger partial charge in [-0.15, -0.1) is 0 Å². The van der Waals surface area contributed by atoms with Gasteiger partial charge in [-0.1, -0.05) is 6.07 Å². The van der Waals surface area contributed by atoms with Crippen LogP contribution >= 0.6 is 0 Å². The van der Waals surface area contributed by atoms with Crippen LogP contribution < -0.4 is 10.3 Å². The standard InChI is InChI=1S/C14H17N3O4/c18-13(19)11-2-1-10-3-4-17(12(10)9-11)14(20)15-16-5-7-21-8-6-16/h1-2,9H,3-8H2,(H,15,20)(H,18,19). The molecule has 3 rings (SSSR count). The number of carbonyl (C=O) groups is 2.